The van der Waals surface area contributed by atoms with Gasteiger partial charge in [0, 0.05) is 0 Å². The van der Waals surface area contributed by atoms with Crippen LogP contribution in [-0.2, 0) is 42.6 Å². The molecule has 26 heteroatoms. The van der Waals surface area contributed by atoms with Gasteiger partial charge in [-0.1, -0.05) is 0 Å². The lowest BCUT2D eigenvalue weighted by Crippen LogP contribution is -2.68. The van der Waals surface area contributed by atoms with E-state index in [1.807, 2.05) is 0 Å². The molecule has 5 saturated heterocycles. The molecule has 0 radical (unpaired) electrons. The summed E-state index contributed by atoms with van der Waals surface area (Å²) in [5.74, 6) is 0. The first-order chi connectivity index (χ1) is 26.5. The number of aliphatic hydroxyl groups excluding tert-OH is 17. The highest BCUT2D eigenvalue weighted by molar-refractivity contribution is 4.99. The maximum atomic E-state index is 11.1. The summed E-state index contributed by atoms with van der Waals surface area (Å²) < 4.78 is 49.1. The van der Waals surface area contributed by atoms with Crippen LogP contribution < -0.4 is 0 Å². The van der Waals surface area contributed by atoms with Crippen LogP contribution in [0.5, 0.6) is 0 Å². The lowest BCUT2D eigenvalue weighted by Gasteiger charge is -2.49. The Morgan fingerprint density at radius 1 is 0.268 bits per heavy atom. The third-order valence-electron chi connectivity index (χ3n) is 10.3. The van der Waals surface area contributed by atoms with Crippen LogP contribution in [0.15, 0.2) is 0 Å². The molecule has 0 spiro atoms. The maximum absolute atomic E-state index is 11.1. The van der Waals surface area contributed by atoms with Crippen molar-refractivity contribution in [2.45, 2.75) is 154 Å². The van der Waals surface area contributed by atoms with Crippen molar-refractivity contribution in [3.05, 3.63) is 0 Å². The third-order valence-corrected chi connectivity index (χ3v) is 10.3. The smallest absolute Gasteiger partial charge is 0.187 e. The highest BCUT2D eigenvalue weighted by atomic mass is 16.8. The summed E-state index contributed by atoms with van der Waals surface area (Å²) in [6.07, 6.45) is -45.8. The molecule has 0 aromatic heterocycles. The molecule has 5 rings (SSSR count). The lowest BCUT2D eigenvalue weighted by atomic mass is 9.95. The summed E-state index contributed by atoms with van der Waals surface area (Å²) in [5.41, 5.74) is 0. The number of aliphatic hydroxyl groups is 17. The van der Waals surface area contributed by atoms with Gasteiger partial charge in [-0.25, -0.2) is 0 Å². The third kappa shape index (κ3) is 9.16. The van der Waals surface area contributed by atoms with E-state index in [4.69, 9.17) is 42.6 Å². The molecule has 17 N–H and O–H groups in total. The van der Waals surface area contributed by atoms with Crippen molar-refractivity contribution >= 4 is 0 Å². The Bertz CT molecular complexity index is 1200. The molecule has 5 heterocycles. The van der Waals surface area contributed by atoms with Gasteiger partial charge < -0.3 is 129 Å². The molecule has 5 aliphatic rings. The Balaban J connectivity index is 1.22. The van der Waals surface area contributed by atoms with Gasteiger partial charge in [0.1, 0.15) is 122 Å². The fraction of sp³-hybridized carbons (Fsp3) is 1.00. The number of ether oxygens (including phenoxy) is 9. The van der Waals surface area contributed by atoms with Crippen LogP contribution in [0.3, 0.4) is 0 Å². The van der Waals surface area contributed by atoms with Crippen molar-refractivity contribution in [1.82, 2.24) is 0 Å². The predicted molar refractivity (Wildman–Crippen MR) is 167 cm³/mol. The number of rotatable bonds is 13. The van der Waals surface area contributed by atoms with Gasteiger partial charge in [0.15, 0.2) is 31.5 Å². The van der Waals surface area contributed by atoms with E-state index in [0.29, 0.717) is 0 Å². The summed E-state index contributed by atoms with van der Waals surface area (Å²) in [4.78, 5) is 0. The van der Waals surface area contributed by atoms with Crippen LogP contribution in [0.1, 0.15) is 0 Å². The summed E-state index contributed by atoms with van der Waals surface area (Å²) in [6, 6.07) is 0. The highest BCUT2D eigenvalue weighted by Crippen LogP contribution is 2.35. The molecule has 0 aliphatic carbocycles. The average Bonchev–Trinajstić information content (AvgIpc) is 3.19. The molecule has 5 fully saturated rings. The first-order valence-corrected chi connectivity index (χ1v) is 17.6. The Morgan fingerprint density at radius 2 is 0.518 bits per heavy atom. The monoisotopic (exact) mass is 828 g/mol. The van der Waals surface area contributed by atoms with E-state index < -0.39 is 187 Å². The molecule has 56 heavy (non-hydrogen) atoms. The molecule has 328 valence electrons. The van der Waals surface area contributed by atoms with Gasteiger partial charge in [0.2, 0.25) is 0 Å². The van der Waals surface area contributed by atoms with Gasteiger partial charge >= 0.3 is 0 Å². The molecule has 0 aromatic rings. The fourth-order valence-electron chi connectivity index (χ4n) is 7.03. The molecule has 25 atom stereocenters. The fourth-order valence-corrected chi connectivity index (χ4v) is 7.03. The zero-order valence-electron chi connectivity index (χ0n) is 29.2. The summed E-state index contributed by atoms with van der Waals surface area (Å²) in [6.45, 7) is -4.51. The summed E-state index contributed by atoms with van der Waals surface area (Å²) >= 11 is 0. The molecule has 0 saturated carbocycles. The van der Waals surface area contributed by atoms with E-state index in [0.717, 1.165) is 0 Å². The minimum Gasteiger partial charge on any atom is -0.394 e. The highest BCUT2D eigenvalue weighted by Gasteiger charge is 2.56. The van der Waals surface area contributed by atoms with Crippen LogP contribution in [0.4, 0.5) is 0 Å². The van der Waals surface area contributed by atoms with Crippen LogP contribution in [0.2, 0.25) is 0 Å². The van der Waals surface area contributed by atoms with E-state index in [1.54, 1.807) is 0 Å². The molecule has 0 amide bonds. The number of hydrogen-bond donors (Lipinski definition) is 17. The molecule has 0 aromatic carbocycles. The van der Waals surface area contributed by atoms with Crippen molar-refractivity contribution in [3.63, 3.8) is 0 Å². The minimum atomic E-state index is -2.12. The van der Waals surface area contributed by atoms with Crippen LogP contribution in [0.25, 0.3) is 0 Å². The average molecular weight is 829 g/mol. The van der Waals surface area contributed by atoms with E-state index in [-0.39, 0.29) is 0 Å². The van der Waals surface area contributed by atoms with E-state index in [2.05, 4.69) is 0 Å². The second-order valence-corrected chi connectivity index (χ2v) is 13.9. The summed E-state index contributed by atoms with van der Waals surface area (Å²) in [5, 5.41) is 176. The standard InChI is InChI=1S/C30H52O26/c31-1-6-11(36)12(37)18(43)27(49-6)54-23-8(3-33)51-29(20(45)14(23)39)56-25-10(5-35)52-30(21(46)16(25)41)55-24-9(4-34)50-28(19(44)15(24)40)53-22-7(2-32)48-26(47)17(42)13(22)38/h6-47H,1-5H2/t6-,7-,8-,9-,10-,11+,12+,13-,14-,15-,16-,17-,18-,19-,20-,21-,22-,23-,24-,25-,26-,27+,28+,29+,30+/m1/s1. The zero-order valence-corrected chi connectivity index (χ0v) is 29.2. The first kappa shape index (κ1) is 46.0. The second kappa shape index (κ2) is 19.6. The van der Waals surface area contributed by atoms with Crippen LogP contribution in [-0.4, -0.2) is 273 Å². The van der Waals surface area contributed by atoms with E-state index >= 15 is 0 Å². The molecule has 5 aliphatic heterocycles. The number of hydrogen-bond acceptors (Lipinski definition) is 26. The van der Waals surface area contributed by atoms with Gasteiger partial charge in [-0.3, -0.25) is 0 Å². The van der Waals surface area contributed by atoms with Crippen molar-refractivity contribution in [2.75, 3.05) is 33.0 Å². The topological polar surface area (TPSA) is 427 Å². The quantitative estimate of drug-likeness (QED) is 0.0819. The van der Waals surface area contributed by atoms with Crippen LogP contribution in [0, 0.1) is 0 Å². The summed E-state index contributed by atoms with van der Waals surface area (Å²) in [7, 11) is 0. The second-order valence-electron chi connectivity index (χ2n) is 13.9. The Kier molecular flexibility index (Phi) is 16.1. The Morgan fingerprint density at radius 3 is 0.821 bits per heavy atom. The molecular formula is C30H52O26. The predicted octanol–water partition coefficient (Wildman–Crippen LogP) is -11.9. The van der Waals surface area contributed by atoms with Crippen molar-refractivity contribution in [3.8, 4) is 0 Å². The van der Waals surface area contributed by atoms with E-state index in [9.17, 15) is 86.8 Å². The minimum absolute atomic E-state index is 0.811. The van der Waals surface area contributed by atoms with Crippen molar-refractivity contribution < 1.29 is 129 Å². The molecule has 0 unspecified atom stereocenters. The van der Waals surface area contributed by atoms with Crippen LogP contribution >= 0.6 is 0 Å². The molecule has 0 bridgehead atoms. The van der Waals surface area contributed by atoms with Crippen molar-refractivity contribution in [1.29, 1.82) is 0 Å². The van der Waals surface area contributed by atoms with Gasteiger partial charge in [-0.2, -0.15) is 0 Å². The van der Waals surface area contributed by atoms with E-state index in [1.165, 1.54) is 0 Å². The zero-order chi connectivity index (χ0) is 41.3. The van der Waals surface area contributed by atoms with Gasteiger partial charge in [0.05, 0.1) is 33.0 Å². The first-order valence-electron chi connectivity index (χ1n) is 17.6. The van der Waals surface area contributed by atoms with Gasteiger partial charge in [-0.05, 0) is 0 Å². The SMILES string of the molecule is OC[C@H]1O[C@@H](O[C@H]2[C@H](O)[C@@H](O)[C@H](O[C@H]3[C@H](O)[C@@H](O)[C@H](O[C@H]4[C@H](O)[C@@H](O)[C@H](O[C@H]5[C@H](O)[C@@H](O)[C@H](O)O[C@@H]5CO)O[C@@H]4CO)O[C@@H]3CO)O[C@@H]2CO)[C@H](O)[C@@H](O)[C@H]1O. The van der Waals surface area contributed by atoms with Crippen molar-refractivity contribution in [2.24, 2.45) is 0 Å². The normalized spacial score (nSPS) is 53.2. The Labute approximate surface area is 316 Å². The molecule has 26 nitrogen and oxygen atoms in total. The Hall–Kier alpha value is -1.04. The lowest BCUT2D eigenvalue weighted by molar-refractivity contribution is -0.392. The van der Waals surface area contributed by atoms with Gasteiger partial charge in [0.25, 0.3) is 0 Å². The largest absolute Gasteiger partial charge is 0.394 e. The molecular weight excluding hydrogens is 776 g/mol. The van der Waals surface area contributed by atoms with Gasteiger partial charge in [-0.15, -0.1) is 0 Å². The maximum Gasteiger partial charge on any atom is 0.187 e.